The maximum atomic E-state index is 12.6. The van der Waals surface area contributed by atoms with E-state index in [1.54, 1.807) is 13.8 Å². The van der Waals surface area contributed by atoms with Crippen molar-refractivity contribution in [1.82, 2.24) is 10.2 Å². The topological polar surface area (TPSA) is 49.4 Å². The maximum absolute atomic E-state index is 12.6. The van der Waals surface area contributed by atoms with Gasteiger partial charge in [0.05, 0.1) is 12.1 Å². The lowest BCUT2D eigenvalue weighted by Gasteiger charge is -2.15. The largest absolute Gasteiger partial charge is 0.416 e. The quantitative estimate of drug-likeness (QED) is 0.873. The third kappa shape index (κ3) is 3.17. The van der Waals surface area contributed by atoms with Crippen molar-refractivity contribution in [1.29, 1.82) is 0 Å². The summed E-state index contributed by atoms with van der Waals surface area (Å²) in [5.41, 5.74) is -0.537. The van der Waals surface area contributed by atoms with Crippen LogP contribution in [0, 0.1) is 5.92 Å². The number of carbonyl (C=O) groups excluding carboxylic acids is 2. The molecule has 0 aromatic heterocycles. The number of hydrogen-bond acceptors (Lipinski definition) is 2. The van der Waals surface area contributed by atoms with Crippen molar-refractivity contribution in [2.75, 3.05) is 0 Å². The number of benzene rings is 1. The van der Waals surface area contributed by atoms with E-state index in [1.165, 1.54) is 12.1 Å². The first-order valence-corrected chi connectivity index (χ1v) is 6.48. The van der Waals surface area contributed by atoms with Gasteiger partial charge in [0.2, 0.25) is 0 Å². The summed E-state index contributed by atoms with van der Waals surface area (Å²) in [6.45, 7) is 3.41. The Hall–Kier alpha value is -2.05. The number of rotatable bonds is 3. The third-order valence-electron chi connectivity index (χ3n) is 3.32. The summed E-state index contributed by atoms with van der Waals surface area (Å²) >= 11 is 0. The summed E-state index contributed by atoms with van der Waals surface area (Å²) in [6.07, 6.45) is -4.45. The van der Waals surface area contributed by atoms with Crippen LogP contribution in [0.15, 0.2) is 24.3 Å². The molecule has 3 amide bonds. The number of halogens is 3. The highest BCUT2D eigenvalue weighted by atomic mass is 19.4. The molecule has 1 saturated heterocycles. The lowest BCUT2D eigenvalue weighted by molar-refractivity contribution is -0.137. The standard InChI is InChI=1S/C14H15F3N2O2/c1-8(2)11-12(20)19(13(21)18-11)7-9-4-3-5-10(6-9)14(15,16)17/h3-6,8,11H,7H2,1-2H3,(H,18,21)/t11-/m0/s1. The summed E-state index contributed by atoms with van der Waals surface area (Å²) in [4.78, 5) is 24.8. The monoisotopic (exact) mass is 300 g/mol. The highest BCUT2D eigenvalue weighted by Crippen LogP contribution is 2.30. The van der Waals surface area contributed by atoms with Gasteiger partial charge in [-0.25, -0.2) is 4.79 Å². The molecule has 0 unspecified atom stereocenters. The first kappa shape index (κ1) is 15.3. The maximum Gasteiger partial charge on any atom is 0.416 e. The highest BCUT2D eigenvalue weighted by Gasteiger charge is 2.39. The van der Waals surface area contributed by atoms with E-state index in [4.69, 9.17) is 0 Å². The van der Waals surface area contributed by atoms with E-state index in [-0.39, 0.29) is 18.0 Å². The Morgan fingerprint density at radius 1 is 1.29 bits per heavy atom. The normalized spacial score (nSPS) is 19.3. The average Bonchev–Trinajstić information content (AvgIpc) is 2.66. The second-order valence-corrected chi connectivity index (χ2v) is 5.29. The summed E-state index contributed by atoms with van der Waals surface area (Å²) in [5, 5.41) is 2.53. The van der Waals surface area contributed by atoms with Crippen LogP contribution in [0.1, 0.15) is 25.0 Å². The van der Waals surface area contributed by atoms with Gasteiger partial charge < -0.3 is 5.32 Å². The van der Waals surface area contributed by atoms with Crippen LogP contribution < -0.4 is 5.32 Å². The number of imide groups is 1. The minimum atomic E-state index is -4.45. The number of amides is 3. The number of alkyl halides is 3. The van der Waals surface area contributed by atoms with Crippen molar-refractivity contribution in [2.45, 2.75) is 32.6 Å². The van der Waals surface area contributed by atoms with E-state index >= 15 is 0 Å². The number of urea groups is 1. The fraction of sp³-hybridized carbons (Fsp3) is 0.429. The van der Waals surface area contributed by atoms with Crippen molar-refractivity contribution >= 4 is 11.9 Å². The Kier molecular flexibility index (Phi) is 3.93. The van der Waals surface area contributed by atoms with Crippen LogP contribution >= 0.6 is 0 Å². The lowest BCUT2D eigenvalue weighted by atomic mass is 10.0. The van der Waals surface area contributed by atoms with Crippen LogP contribution in [0.5, 0.6) is 0 Å². The molecule has 1 aliphatic heterocycles. The molecule has 1 atom stereocenters. The molecule has 7 heteroatoms. The number of nitrogens with zero attached hydrogens (tertiary/aromatic N) is 1. The summed E-state index contributed by atoms with van der Waals surface area (Å²) in [5.74, 6) is -0.486. The fourth-order valence-corrected chi connectivity index (χ4v) is 2.17. The van der Waals surface area contributed by atoms with E-state index in [0.29, 0.717) is 0 Å². The van der Waals surface area contributed by atoms with E-state index in [2.05, 4.69) is 5.32 Å². The van der Waals surface area contributed by atoms with Gasteiger partial charge in [0.1, 0.15) is 6.04 Å². The highest BCUT2D eigenvalue weighted by molar-refractivity contribution is 6.04. The van der Waals surface area contributed by atoms with E-state index < -0.39 is 29.7 Å². The van der Waals surface area contributed by atoms with Crippen LogP contribution in [-0.4, -0.2) is 22.9 Å². The van der Waals surface area contributed by atoms with Gasteiger partial charge >= 0.3 is 12.2 Å². The SMILES string of the molecule is CC(C)[C@@H]1NC(=O)N(Cc2cccc(C(F)(F)F)c2)C1=O. The first-order chi connectivity index (χ1) is 9.70. The molecule has 0 radical (unpaired) electrons. The second kappa shape index (κ2) is 5.38. The Morgan fingerprint density at radius 2 is 1.95 bits per heavy atom. The van der Waals surface area contributed by atoms with Gasteiger partial charge in [-0.2, -0.15) is 13.2 Å². The van der Waals surface area contributed by atoms with Gasteiger partial charge in [-0.05, 0) is 23.6 Å². The molecular formula is C14H15F3N2O2. The van der Waals surface area contributed by atoms with E-state index in [9.17, 15) is 22.8 Å². The third-order valence-corrected chi connectivity index (χ3v) is 3.32. The van der Waals surface area contributed by atoms with Gasteiger partial charge in [-0.1, -0.05) is 26.0 Å². The average molecular weight is 300 g/mol. The smallest absolute Gasteiger partial charge is 0.326 e. The molecule has 0 spiro atoms. The van der Waals surface area contributed by atoms with Gasteiger partial charge in [-0.15, -0.1) is 0 Å². The second-order valence-electron chi connectivity index (χ2n) is 5.29. The summed E-state index contributed by atoms with van der Waals surface area (Å²) in [6, 6.07) is 3.42. The number of carbonyl (C=O) groups is 2. The molecule has 1 N–H and O–H groups in total. The molecule has 1 aromatic carbocycles. The van der Waals surface area contributed by atoms with Gasteiger partial charge in [0, 0.05) is 0 Å². The summed E-state index contributed by atoms with van der Waals surface area (Å²) in [7, 11) is 0. The molecule has 1 heterocycles. The predicted molar refractivity (Wildman–Crippen MR) is 69.2 cm³/mol. The van der Waals surface area contributed by atoms with E-state index in [1.807, 2.05) is 0 Å². The lowest BCUT2D eigenvalue weighted by Crippen LogP contribution is -2.34. The molecule has 114 valence electrons. The number of hydrogen-bond donors (Lipinski definition) is 1. The molecule has 0 saturated carbocycles. The Balaban J connectivity index is 2.19. The molecule has 21 heavy (non-hydrogen) atoms. The Bertz CT molecular complexity index is 570. The van der Waals surface area contributed by atoms with Crippen LogP contribution in [0.4, 0.5) is 18.0 Å². The zero-order chi connectivity index (χ0) is 15.8. The van der Waals surface area contributed by atoms with Crippen molar-refractivity contribution in [2.24, 2.45) is 5.92 Å². The molecule has 1 fully saturated rings. The molecule has 0 aliphatic carbocycles. The van der Waals surface area contributed by atoms with E-state index in [0.717, 1.165) is 17.0 Å². The molecule has 2 rings (SSSR count). The van der Waals surface area contributed by atoms with Crippen LogP contribution in [-0.2, 0) is 17.5 Å². The fourth-order valence-electron chi connectivity index (χ4n) is 2.17. The molecule has 1 aliphatic rings. The predicted octanol–water partition coefficient (Wildman–Crippen LogP) is 2.78. The Morgan fingerprint density at radius 3 is 2.48 bits per heavy atom. The van der Waals surface area contributed by atoms with Gasteiger partial charge in [-0.3, -0.25) is 9.69 Å². The van der Waals surface area contributed by atoms with Crippen molar-refractivity contribution < 1.29 is 22.8 Å². The zero-order valence-corrected chi connectivity index (χ0v) is 11.6. The van der Waals surface area contributed by atoms with Gasteiger partial charge in [0.25, 0.3) is 5.91 Å². The molecule has 4 nitrogen and oxygen atoms in total. The van der Waals surface area contributed by atoms with Crippen LogP contribution in [0.25, 0.3) is 0 Å². The first-order valence-electron chi connectivity index (χ1n) is 6.48. The Labute approximate surface area is 119 Å². The van der Waals surface area contributed by atoms with Gasteiger partial charge in [0.15, 0.2) is 0 Å². The molecule has 0 bridgehead atoms. The molecule has 1 aromatic rings. The summed E-state index contributed by atoms with van der Waals surface area (Å²) < 4.78 is 37.9. The molecular weight excluding hydrogens is 285 g/mol. The van der Waals surface area contributed by atoms with Crippen molar-refractivity contribution in [3.63, 3.8) is 0 Å². The number of nitrogens with one attached hydrogen (secondary N) is 1. The van der Waals surface area contributed by atoms with Crippen LogP contribution in [0.3, 0.4) is 0 Å². The van der Waals surface area contributed by atoms with Crippen molar-refractivity contribution in [3.8, 4) is 0 Å². The minimum absolute atomic E-state index is 0.0760. The van der Waals surface area contributed by atoms with Crippen LogP contribution in [0.2, 0.25) is 0 Å². The zero-order valence-electron chi connectivity index (χ0n) is 11.6. The van der Waals surface area contributed by atoms with Crippen molar-refractivity contribution in [3.05, 3.63) is 35.4 Å². The minimum Gasteiger partial charge on any atom is -0.326 e.